The molecular formula is C20H21NO5. The van der Waals surface area contributed by atoms with E-state index in [0.29, 0.717) is 42.6 Å². The largest absolute Gasteiger partial charge is 0.490 e. The van der Waals surface area contributed by atoms with Gasteiger partial charge in [-0.25, -0.2) is 0 Å². The highest BCUT2D eigenvalue weighted by atomic mass is 16.7. The molecule has 0 spiro atoms. The molecule has 1 atom stereocenters. The summed E-state index contributed by atoms with van der Waals surface area (Å²) in [7, 11) is 0. The number of ether oxygens (including phenoxy) is 4. The van der Waals surface area contributed by atoms with E-state index >= 15 is 0 Å². The second-order valence-corrected chi connectivity index (χ2v) is 6.17. The lowest BCUT2D eigenvalue weighted by Gasteiger charge is -2.27. The quantitative estimate of drug-likeness (QED) is 0.886. The maximum Gasteiger partial charge on any atom is 0.231 e. The molecule has 26 heavy (non-hydrogen) atoms. The number of nitrogens with one attached hydrogen (secondary N) is 1. The summed E-state index contributed by atoms with van der Waals surface area (Å²) in [6.45, 7) is 5.19. The Bertz CT molecular complexity index is 848. The van der Waals surface area contributed by atoms with Gasteiger partial charge in [0.25, 0.3) is 0 Å². The molecule has 4 rings (SSSR count). The lowest BCUT2D eigenvalue weighted by Crippen LogP contribution is -2.23. The standard InChI is InChI=1S/C20H21NO5/c1-3-23-16-6-5-12(7-17(16)24-4-2)13-9-20(22)21-15-10-19-18(8-14(13)15)25-11-26-19/h5-8,10,13H,3-4,9,11H2,1-2H3,(H,21,22). The summed E-state index contributed by atoms with van der Waals surface area (Å²) >= 11 is 0. The van der Waals surface area contributed by atoms with E-state index in [1.165, 1.54) is 0 Å². The number of carbonyl (C=O) groups excluding carboxylic acids is 1. The highest BCUT2D eigenvalue weighted by Gasteiger charge is 2.30. The molecule has 0 aliphatic carbocycles. The maximum absolute atomic E-state index is 12.3. The maximum atomic E-state index is 12.3. The molecular weight excluding hydrogens is 334 g/mol. The molecule has 0 bridgehead atoms. The third-order valence-electron chi connectivity index (χ3n) is 4.55. The molecule has 0 saturated heterocycles. The van der Waals surface area contributed by atoms with Crippen molar-refractivity contribution in [2.75, 3.05) is 25.3 Å². The highest BCUT2D eigenvalue weighted by Crippen LogP contribution is 2.45. The number of hydrogen-bond donors (Lipinski definition) is 1. The summed E-state index contributed by atoms with van der Waals surface area (Å²) in [5.74, 6) is 2.67. The van der Waals surface area contributed by atoms with Crippen molar-refractivity contribution in [1.29, 1.82) is 0 Å². The van der Waals surface area contributed by atoms with Crippen molar-refractivity contribution in [2.24, 2.45) is 0 Å². The monoisotopic (exact) mass is 355 g/mol. The minimum atomic E-state index is -0.0804. The number of benzene rings is 2. The summed E-state index contributed by atoms with van der Waals surface area (Å²) in [5.41, 5.74) is 2.79. The minimum Gasteiger partial charge on any atom is -0.490 e. The third-order valence-corrected chi connectivity index (χ3v) is 4.55. The minimum absolute atomic E-state index is 0.0202. The zero-order chi connectivity index (χ0) is 18.1. The van der Waals surface area contributed by atoms with Crippen LogP contribution in [0, 0.1) is 0 Å². The van der Waals surface area contributed by atoms with Crippen LogP contribution < -0.4 is 24.3 Å². The van der Waals surface area contributed by atoms with Crippen LogP contribution in [-0.2, 0) is 4.79 Å². The number of fused-ring (bicyclic) bond motifs is 2. The van der Waals surface area contributed by atoms with Crippen LogP contribution in [0.15, 0.2) is 30.3 Å². The summed E-state index contributed by atoms with van der Waals surface area (Å²) in [6.07, 6.45) is 0.367. The Balaban J connectivity index is 1.76. The summed E-state index contributed by atoms with van der Waals surface area (Å²) in [5, 5.41) is 2.93. The van der Waals surface area contributed by atoms with E-state index in [0.717, 1.165) is 16.8 Å². The van der Waals surface area contributed by atoms with E-state index in [4.69, 9.17) is 18.9 Å². The number of carbonyl (C=O) groups is 1. The van der Waals surface area contributed by atoms with E-state index in [1.807, 2.05) is 44.2 Å². The summed E-state index contributed by atoms with van der Waals surface area (Å²) < 4.78 is 22.3. The van der Waals surface area contributed by atoms with Crippen LogP contribution in [0.2, 0.25) is 0 Å². The van der Waals surface area contributed by atoms with Crippen LogP contribution in [0.1, 0.15) is 37.3 Å². The van der Waals surface area contributed by atoms with Gasteiger partial charge in [-0.3, -0.25) is 4.79 Å². The molecule has 0 saturated carbocycles. The molecule has 0 aromatic heterocycles. The van der Waals surface area contributed by atoms with Crippen LogP contribution in [0.3, 0.4) is 0 Å². The van der Waals surface area contributed by atoms with Crippen molar-refractivity contribution >= 4 is 11.6 Å². The topological polar surface area (TPSA) is 66.0 Å². The first-order valence-electron chi connectivity index (χ1n) is 8.82. The van der Waals surface area contributed by atoms with Crippen molar-refractivity contribution in [2.45, 2.75) is 26.2 Å². The average Bonchev–Trinajstić information content (AvgIpc) is 3.08. The predicted octanol–water partition coefficient (Wildman–Crippen LogP) is 3.69. The molecule has 0 fully saturated rings. The number of rotatable bonds is 5. The molecule has 136 valence electrons. The van der Waals surface area contributed by atoms with Gasteiger partial charge < -0.3 is 24.3 Å². The first kappa shape index (κ1) is 16.6. The van der Waals surface area contributed by atoms with Gasteiger partial charge in [0, 0.05) is 24.1 Å². The normalized spacial score (nSPS) is 17.5. The molecule has 2 aromatic carbocycles. The number of amides is 1. The second kappa shape index (κ2) is 6.78. The summed E-state index contributed by atoms with van der Waals surface area (Å²) in [4.78, 5) is 12.3. The highest BCUT2D eigenvalue weighted by molar-refractivity contribution is 5.96. The van der Waals surface area contributed by atoms with Gasteiger partial charge in [0.1, 0.15) is 0 Å². The molecule has 2 aliphatic rings. The fraction of sp³-hybridized carbons (Fsp3) is 0.350. The van der Waals surface area contributed by atoms with Gasteiger partial charge in [0.2, 0.25) is 12.7 Å². The lowest BCUT2D eigenvalue weighted by atomic mass is 9.84. The molecule has 1 amide bonds. The Kier molecular flexibility index (Phi) is 4.32. The molecule has 1 N–H and O–H groups in total. The number of hydrogen-bond acceptors (Lipinski definition) is 5. The van der Waals surface area contributed by atoms with Gasteiger partial charge in [-0.15, -0.1) is 0 Å². The SMILES string of the molecule is CCOc1ccc(C2CC(=O)Nc3cc4c(cc32)OCO4)cc1OCC. The Morgan fingerprint density at radius 2 is 1.77 bits per heavy atom. The van der Waals surface area contributed by atoms with E-state index in [9.17, 15) is 4.79 Å². The fourth-order valence-electron chi connectivity index (χ4n) is 3.43. The van der Waals surface area contributed by atoms with Crippen molar-refractivity contribution in [3.63, 3.8) is 0 Å². The van der Waals surface area contributed by atoms with Crippen molar-refractivity contribution in [3.05, 3.63) is 41.5 Å². The third kappa shape index (κ3) is 2.92. The van der Waals surface area contributed by atoms with Gasteiger partial charge >= 0.3 is 0 Å². The Morgan fingerprint density at radius 3 is 2.54 bits per heavy atom. The Hall–Kier alpha value is -2.89. The smallest absolute Gasteiger partial charge is 0.231 e. The molecule has 2 aromatic rings. The van der Waals surface area contributed by atoms with E-state index in [1.54, 1.807) is 0 Å². The molecule has 2 heterocycles. The Labute approximate surface area is 152 Å². The lowest BCUT2D eigenvalue weighted by molar-refractivity contribution is -0.116. The van der Waals surface area contributed by atoms with E-state index < -0.39 is 0 Å². The predicted molar refractivity (Wildman–Crippen MR) is 96.4 cm³/mol. The van der Waals surface area contributed by atoms with Gasteiger partial charge in [0.05, 0.1) is 13.2 Å². The second-order valence-electron chi connectivity index (χ2n) is 6.17. The van der Waals surface area contributed by atoms with Crippen molar-refractivity contribution in [1.82, 2.24) is 0 Å². The van der Waals surface area contributed by atoms with Crippen LogP contribution in [0.5, 0.6) is 23.0 Å². The zero-order valence-corrected chi connectivity index (χ0v) is 14.8. The van der Waals surface area contributed by atoms with Crippen molar-refractivity contribution < 1.29 is 23.7 Å². The first-order valence-corrected chi connectivity index (χ1v) is 8.82. The van der Waals surface area contributed by atoms with E-state index in [2.05, 4.69) is 5.32 Å². The van der Waals surface area contributed by atoms with Gasteiger partial charge in [-0.2, -0.15) is 0 Å². The van der Waals surface area contributed by atoms with Crippen molar-refractivity contribution in [3.8, 4) is 23.0 Å². The molecule has 0 radical (unpaired) electrons. The summed E-state index contributed by atoms with van der Waals surface area (Å²) in [6, 6.07) is 9.65. The molecule has 6 heteroatoms. The Morgan fingerprint density at radius 1 is 1.04 bits per heavy atom. The van der Waals surface area contributed by atoms with Gasteiger partial charge in [0.15, 0.2) is 23.0 Å². The first-order chi connectivity index (χ1) is 12.7. The average molecular weight is 355 g/mol. The van der Waals surface area contributed by atoms with Crippen LogP contribution in [0.25, 0.3) is 0 Å². The molecule has 6 nitrogen and oxygen atoms in total. The number of anilines is 1. The van der Waals surface area contributed by atoms with Crippen LogP contribution >= 0.6 is 0 Å². The van der Waals surface area contributed by atoms with Crippen LogP contribution in [0.4, 0.5) is 5.69 Å². The molecule has 2 aliphatic heterocycles. The van der Waals surface area contributed by atoms with Gasteiger partial charge in [-0.1, -0.05) is 6.07 Å². The van der Waals surface area contributed by atoms with Crippen LogP contribution in [-0.4, -0.2) is 25.9 Å². The fourth-order valence-corrected chi connectivity index (χ4v) is 3.43. The zero-order valence-electron chi connectivity index (χ0n) is 14.8. The van der Waals surface area contributed by atoms with E-state index in [-0.39, 0.29) is 18.6 Å². The molecule has 1 unspecified atom stereocenters. The van der Waals surface area contributed by atoms with Gasteiger partial charge in [-0.05, 0) is 43.2 Å².